The first-order valence-electron chi connectivity index (χ1n) is 17.6. The van der Waals surface area contributed by atoms with E-state index in [1.165, 1.54) is 106 Å². The molecule has 0 fully saturated rings. The summed E-state index contributed by atoms with van der Waals surface area (Å²) in [6.07, 6.45) is 4.72. The summed E-state index contributed by atoms with van der Waals surface area (Å²) in [7, 11) is 0. The summed E-state index contributed by atoms with van der Waals surface area (Å²) in [5.41, 5.74) is 21.4. The van der Waals surface area contributed by atoms with Gasteiger partial charge in [0.1, 0.15) is 0 Å². The van der Waals surface area contributed by atoms with Gasteiger partial charge in [0.15, 0.2) is 0 Å². The Morgan fingerprint density at radius 1 is 0.479 bits per heavy atom. The van der Waals surface area contributed by atoms with Gasteiger partial charge in [0.2, 0.25) is 6.71 Å². The molecule has 0 radical (unpaired) electrons. The summed E-state index contributed by atoms with van der Waals surface area (Å²) in [6, 6.07) is 44.5. The number of nitrogens with zero attached hydrogens (tertiary/aromatic N) is 3. The molecule has 226 valence electrons. The van der Waals surface area contributed by atoms with E-state index in [-0.39, 0.29) is 13.4 Å². The summed E-state index contributed by atoms with van der Waals surface area (Å²) in [5.74, 6) is 0. The molecule has 0 atom stereocenters. The molecule has 6 heteroatoms. The molecule has 0 saturated carbocycles. The molecule has 6 aliphatic heterocycles. The van der Waals surface area contributed by atoms with Crippen LogP contribution >= 0.6 is 11.8 Å². The van der Waals surface area contributed by atoms with Gasteiger partial charge in [0, 0.05) is 62.7 Å². The molecule has 0 bridgehead atoms. The Bertz CT molecular complexity index is 2390. The molecule has 0 unspecified atom stereocenters. The molecule has 48 heavy (non-hydrogen) atoms. The molecule has 6 heterocycles. The second-order valence-electron chi connectivity index (χ2n) is 14.2. The van der Waals surface area contributed by atoms with Crippen molar-refractivity contribution >= 4 is 97.8 Å². The Labute approximate surface area is 286 Å². The van der Waals surface area contributed by atoms with Gasteiger partial charge in [0.05, 0.1) is 0 Å². The molecular formula is C42H31B2N3S. The molecule has 0 amide bonds. The number of rotatable bonds is 1. The fourth-order valence-electron chi connectivity index (χ4n) is 10.1. The van der Waals surface area contributed by atoms with Gasteiger partial charge in [-0.2, -0.15) is 0 Å². The number of hydrogen-bond donors (Lipinski definition) is 0. The zero-order valence-corrected chi connectivity index (χ0v) is 27.4. The van der Waals surface area contributed by atoms with Crippen molar-refractivity contribution in [2.45, 2.75) is 35.5 Å². The van der Waals surface area contributed by atoms with Crippen LogP contribution in [0.3, 0.4) is 0 Å². The molecule has 0 N–H and O–H groups in total. The fraction of sp³-hybridized carbons (Fsp3) is 0.143. The van der Waals surface area contributed by atoms with E-state index in [2.05, 4.69) is 130 Å². The van der Waals surface area contributed by atoms with Crippen LogP contribution in [0.4, 0.5) is 39.8 Å². The normalized spacial score (nSPS) is 16.8. The lowest BCUT2D eigenvalue weighted by Crippen LogP contribution is -2.65. The molecule has 0 spiro atoms. The van der Waals surface area contributed by atoms with Gasteiger partial charge >= 0.3 is 0 Å². The van der Waals surface area contributed by atoms with E-state index in [0.717, 1.165) is 25.9 Å². The first-order valence-corrected chi connectivity index (χ1v) is 18.4. The average molecular weight is 631 g/mol. The third-order valence-corrected chi connectivity index (χ3v) is 13.0. The molecule has 0 aliphatic carbocycles. The minimum absolute atomic E-state index is 0.187. The van der Waals surface area contributed by atoms with Crippen LogP contribution in [-0.2, 0) is 12.8 Å². The van der Waals surface area contributed by atoms with Gasteiger partial charge in [0.25, 0.3) is 6.71 Å². The Hall–Kier alpha value is -4.80. The predicted octanol–water partition coefficient (Wildman–Crippen LogP) is 5.76. The van der Waals surface area contributed by atoms with Crippen molar-refractivity contribution in [2.75, 3.05) is 27.8 Å². The largest absolute Gasteiger partial charge is 0.342 e. The van der Waals surface area contributed by atoms with Crippen molar-refractivity contribution in [2.24, 2.45) is 0 Å². The van der Waals surface area contributed by atoms with Crippen LogP contribution in [0.15, 0.2) is 125 Å². The topological polar surface area (TPSA) is 9.72 Å². The van der Waals surface area contributed by atoms with Crippen molar-refractivity contribution in [3.8, 4) is 0 Å². The van der Waals surface area contributed by atoms with Crippen LogP contribution in [0.2, 0.25) is 0 Å². The van der Waals surface area contributed by atoms with Crippen LogP contribution in [0, 0.1) is 0 Å². The van der Waals surface area contributed by atoms with E-state index >= 15 is 0 Å². The third-order valence-electron chi connectivity index (χ3n) is 11.9. The van der Waals surface area contributed by atoms with E-state index in [0.29, 0.717) is 0 Å². The molecule has 0 saturated heterocycles. The highest BCUT2D eigenvalue weighted by molar-refractivity contribution is 8.00. The number of aryl methyl sites for hydroxylation is 2. The third kappa shape index (κ3) is 3.25. The molecule has 6 aromatic carbocycles. The number of benzene rings is 6. The van der Waals surface area contributed by atoms with E-state index < -0.39 is 0 Å². The fourth-order valence-corrected chi connectivity index (χ4v) is 11.3. The summed E-state index contributed by atoms with van der Waals surface area (Å²) in [4.78, 5) is 10.6. The maximum Gasteiger partial charge on any atom is 0.252 e. The second kappa shape index (κ2) is 9.42. The Morgan fingerprint density at radius 3 is 1.83 bits per heavy atom. The molecule has 6 aromatic rings. The maximum atomic E-state index is 2.65. The van der Waals surface area contributed by atoms with Crippen molar-refractivity contribution in [1.82, 2.24) is 0 Å². The molecule has 6 aliphatic rings. The number of hydrogen-bond acceptors (Lipinski definition) is 4. The van der Waals surface area contributed by atoms with E-state index in [9.17, 15) is 0 Å². The maximum absolute atomic E-state index is 2.65. The van der Waals surface area contributed by atoms with Crippen LogP contribution < -0.4 is 47.5 Å². The van der Waals surface area contributed by atoms with Crippen molar-refractivity contribution in [1.29, 1.82) is 0 Å². The number of anilines is 7. The first-order chi connectivity index (χ1) is 23.8. The van der Waals surface area contributed by atoms with Gasteiger partial charge in [-0.1, -0.05) is 90.0 Å². The van der Waals surface area contributed by atoms with Crippen molar-refractivity contribution in [3.05, 3.63) is 126 Å². The molecular weight excluding hydrogens is 600 g/mol. The molecule has 0 aromatic heterocycles. The highest BCUT2D eigenvalue weighted by Gasteiger charge is 2.47. The molecule has 12 rings (SSSR count). The van der Waals surface area contributed by atoms with Crippen LogP contribution in [0.1, 0.15) is 24.0 Å². The Morgan fingerprint density at radius 2 is 1.10 bits per heavy atom. The smallest absolute Gasteiger partial charge is 0.252 e. The highest BCUT2D eigenvalue weighted by atomic mass is 32.2. The monoisotopic (exact) mass is 631 g/mol. The van der Waals surface area contributed by atoms with Gasteiger partial charge in [-0.15, -0.1) is 0 Å². The summed E-state index contributed by atoms with van der Waals surface area (Å²) in [6.45, 7) is 2.59. The average Bonchev–Trinajstić information content (AvgIpc) is 3.14. The van der Waals surface area contributed by atoms with Gasteiger partial charge < -0.3 is 14.7 Å². The number of para-hydroxylation sites is 3. The predicted molar refractivity (Wildman–Crippen MR) is 205 cm³/mol. The lowest BCUT2D eigenvalue weighted by atomic mass is 9.30. The summed E-state index contributed by atoms with van der Waals surface area (Å²) in [5, 5.41) is 0. The van der Waals surface area contributed by atoms with Gasteiger partial charge in [-0.05, 0) is 107 Å². The van der Waals surface area contributed by atoms with E-state index in [1.54, 1.807) is 0 Å². The second-order valence-corrected chi connectivity index (χ2v) is 15.3. The Balaban J connectivity index is 1.17. The van der Waals surface area contributed by atoms with Crippen LogP contribution in [-0.4, -0.2) is 26.5 Å². The summed E-state index contributed by atoms with van der Waals surface area (Å²) >= 11 is 1.98. The van der Waals surface area contributed by atoms with Crippen LogP contribution in [0.5, 0.6) is 0 Å². The standard InChI is InChI=1S/C42H31B2N3S/c1-2-14-28(15-3-1)47-35-20-6-18-33-39(35)43(29-16-4-10-26-12-8-22-45(33)41(26)29)31-24-32-38(25-36(31)47)48-37-21-7-19-34-40(37)44(32)30-17-5-11-27-13-9-23-46(34)42(27)30/h1-7,10-11,14-21,24-25H,8-9,12-13,22-23H2. The summed E-state index contributed by atoms with van der Waals surface area (Å²) < 4.78 is 0. The van der Waals surface area contributed by atoms with E-state index in [1.807, 2.05) is 11.8 Å². The van der Waals surface area contributed by atoms with Gasteiger partial charge in [-0.3, -0.25) is 0 Å². The van der Waals surface area contributed by atoms with E-state index in [4.69, 9.17) is 0 Å². The molecule has 3 nitrogen and oxygen atoms in total. The van der Waals surface area contributed by atoms with Crippen molar-refractivity contribution in [3.63, 3.8) is 0 Å². The van der Waals surface area contributed by atoms with Crippen LogP contribution in [0.25, 0.3) is 0 Å². The minimum Gasteiger partial charge on any atom is -0.342 e. The van der Waals surface area contributed by atoms with Crippen molar-refractivity contribution < 1.29 is 0 Å². The van der Waals surface area contributed by atoms with Gasteiger partial charge in [-0.25, -0.2) is 0 Å². The lowest BCUT2D eigenvalue weighted by molar-refractivity contribution is 0.768. The highest BCUT2D eigenvalue weighted by Crippen LogP contribution is 2.46. The minimum atomic E-state index is 0.187. The Kier molecular flexibility index (Phi) is 5.14. The first kappa shape index (κ1) is 26.2. The quantitative estimate of drug-likeness (QED) is 0.213. The lowest BCUT2D eigenvalue weighted by Gasteiger charge is -2.47. The zero-order valence-electron chi connectivity index (χ0n) is 26.6. The number of fused-ring (bicyclic) bond motifs is 8. The SMILES string of the molecule is c1ccc(N2c3cc4c(cc3B3c5cccc6c5N(CCC6)c5cccc2c53)B2c3cccc5c3N(CCC5)c3cccc(c32)S4)cc1. The zero-order chi connectivity index (χ0) is 31.1.